The van der Waals surface area contributed by atoms with Crippen molar-refractivity contribution < 1.29 is 9.53 Å². The maximum atomic E-state index is 12.1. The van der Waals surface area contributed by atoms with Crippen LogP contribution < -0.4 is 0 Å². The van der Waals surface area contributed by atoms with Crippen LogP contribution >= 0.6 is 0 Å². The van der Waals surface area contributed by atoms with E-state index in [0.29, 0.717) is 30.8 Å². The van der Waals surface area contributed by atoms with E-state index in [1.807, 2.05) is 60.7 Å². The molecule has 2 heteroatoms. The van der Waals surface area contributed by atoms with Crippen molar-refractivity contribution in [2.75, 3.05) is 6.61 Å². The first-order valence-corrected chi connectivity index (χ1v) is 7.31. The summed E-state index contributed by atoms with van der Waals surface area (Å²) in [4.78, 5) is 12.1. The van der Waals surface area contributed by atoms with E-state index >= 15 is 0 Å². The lowest BCUT2D eigenvalue weighted by Crippen LogP contribution is -2.01. The molecule has 2 aromatic rings. The highest BCUT2D eigenvalue weighted by molar-refractivity contribution is 6.08. The smallest absolute Gasteiger partial charge is 0.188 e. The molecule has 0 unspecified atom stereocenters. The Kier molecular flexibility index (Phi) is 6.34. The second-order valence-electron chi connectivity index (χ2n) is 4.97. The summed E-state index contributed by atoms with van der Waals surface area (Å²) in [6, 6.07) is 19.2. The minimum atomic E-state index is -0.00421. The Morgan fingerprint density at radius 2 is 1.59 bits per heavy atom. The molecule has 22 heavy (non-hydrogen) atoms. The van der Waals surface area contributed by atoms with Crippen molar-refractivity contribution in [3.8, 4) is 0 Å². The second kappa shape index (κ2) is 8.75. The lowest BCUT2D eigenvalue weighted by molar-refractivity contribution is 0.103. The Bertz CT molecular complexity index is 627. The van der Waals surface area contributed by atoms with E-state index in [1.165, 1.54) is 0 Å². The summed E-state index contributed by atoms with van der Waals surface area (Å²) < 4.78 is 5.55. The first kappa shape index (κ1) is 15.9. The third-order valence-corrected chi connectivity index (χ3v) is 3.21. The minimum absolute atomic E-state index is 0.00421. The molecule has 2 rings (SSSR count). The highest BCUT2D eigenvalue weighted by atomic mass is 16.5. The zero-order valence-corrected chi connectivity index (χ0v) is 12.6. The molecule has 0 saturated carbocycles. The van der Waals surface area contributed by atoms with E-state index in [0.717, 1.165) is 5.56 Å². The summed E-state index contributed by atoms with van der Waals surface area (Å²) >= 11 is 0. The third-order valence-electron chi connectivity index (χ3n) is 3.21. The van der Waals surface area contributed by atoms with Crippen LogP contribution in [-0.2, 0) is 11.3 Å². The van der Waals surface area contributed by atoms with Crippen LogP contribution in [-0.4, -0.2) is 12.4 Å². The minimum Gasteiger partial charge on any atom is -0.373 e. The molecule has 2 aromatic carbocycles. The van der Waals surface area contributed by atoms with Gasteiger partial charge in [-0.3, -0.25) is 4.79 Å². The third kappa shape index (κ3) is 5.15. The van der Waals surface area contributed by atoms with Gasteiger partial charge in [0, 0.05) is 5.56 Å². The van der Waals surface area contributed by atoms with E-state index < -0.39 is 0 Å². The SMILES string of the molecule is C=C(C/C=C/COCc1ccccc1)C(=O)c1ccccc1. The zero-order valence-electron chi connectivity index (χ0n) is 12.6. The van der Waals surface area contributed by atoms with Crippen LogP contribution in [0.4, 0.5) is 0 Å². The van der Waals surface area contributed by atoms with E-state index in [2.05, 4.69) is 6.58 Å². The molecule has 0 amide bonds. The fourth-order valence-electron chi connectivity index (χ4n) is 2.00. The standard InChI is InChI=1S/C20H20O2/c1-17(20(21)19-13-6-3-7-14-19)10-8-9-15-22-16-18-11-4-2-5-12-18/h2-9,11-14H,1,10,15-16H2/b9-8+. The maximum Gasteiger partial charge on any atom is 0.188 e. The summed E-state index contributed by atoms with van der Waals surface area (Å²) in [5, 5.41) is 0. The molecular weight excluding hydrogens is 272 g/mol. The van der Waals surface area contributed by atoms with E-state index in [4.69, 9.17) is 4.74 Å². The fraction of sp³-hybridized carbons (Fsp3) is 0.150. The average Bonchev–Trinajstić information content (AvgIpc) is 2.58. The Labute approximate surface area is 131 Å². The van der Waals surface area contributed by atoms with Gasteiger partial charge in [0.2, 0.25) is 0 Å². The highest BCUT2D eigenvalue weighted by Gasteiger charge is 2.07. The molecule has 0 saturated heterocycles. The Balaban J connectivity index is 1.69. The largest absolute Gasteiger partial charge is 0.373 e. The highest BCUT2D eigenvalue weighted by Crippen LogP contribution is 2.10. The molecule has 0 aliphatic carbocycles. The van der Waals surface area contributed by atoms with Gasteiger partial charge in [0.15, 0.2) is 5.78 Å². The van der Waals surface area contributed by atoms with Gasteiger partial charge in [-0.05, 0) is 17.6 Å². The summed E-state index contributed by atoms with van der Waals surface area (Å²) in [5.74, 6) is -0.00421. The quantitative estimate of drug-likeness (QED) is 0.308. The lowest BCUT2D eigenvalue weighted by atomic mass is 10.0. The van der Waals surface area contributed by atoms with Crippen molar-refractivity contribution in [3.05, 3.63) is 96.1 Å². The Morgan fingerprint density at radius 3 is 2.27 bits per heavy atom. The van der Waals surface area contributed by atoms with Crippen LogP contribution in [0.15, 0.2) is 85.0 Å². The number of ketones is 1. The van der Waals surface area contributed by atoms with Gasteiger partial charge in [-0.2, -0.15) is 0 Å². The van der Waals surface area contributed by atoms with Crippen LogP contribution in [0.2, 0.25) is 0 Å². The van der Waals surface area contributed by atoms with E-state index in [1.54, 1.807) is 12.1 Å². The number of Topliss-reactive ketones (excluding diaryl/α,β-unsaturated/α-hetero) is 1. The van der Waals surface area contributed by atoms with Gasteiger partial charge in [-0.15, -0.1) is 0 Å². The van der Waals surface area contributed by atoms with E-state index in [-0.39, 0.29) is 5.78 Å². The molecule has 0 spiro atoms. The van der Waals surface area contributed by atoms with E-state index in [9.17, 15) is 4.79 Å². The molecule has 0 fully saturated rings. The normalized spacial score (nSPS) is 10.7. The van der Waals surface area contributed by atoms with Gasteiger partial charge >= 0.3 is 0 Å². The van der Waals surface area contributed by atoms with Gasteiger partial charge in [-0.25, -0.2) is 0 Å². The molecule has 0 atom stereocenters. The molecule has 0 aromatic heterocycles. The maximum absolute atomic E-state index is 12.1. The molecule has 0 radical (unpaired) electrons. The van der Waals surface area contributed by atoms with Gasteiger partial charge in [0.05, 0.1) is 13.2 Å². The number of carbonyl (C=O) groups excluding carboxylic acids is 1. The van der Waals surface area contributed by atoms with Crippen LogP contribution in [0.25, 0.3) is 0 Å². The molecule has 0 heterocycles. The number of carbonyl (C=O) groups is 1. The van der Waals surface area contributed by atoms with Crippen molar-refractivity contribution >= 4 is 5.78 Å². The molecule has 2 nitrogen and oxygen atoms in total. The first-order valence-electron chi connectivity index (χ1n) is 7.31. The average molecular weight is 292 g/mol. The topological polar surface area (TPSA) is 26.3 Å². The summed E-state index contributed by atoms with van der Waals surface area (Å²) in [7, 11) is 0. The number of rotatable bonds is 8. The van der Waals surface area contributed by atoms with Gasteiger partial charge in [0.1, 0.15) is 0 Å². The number of hydrogen-bond donors (Lipinski definition) is 0. The van der Waals surface area contributed by atoms with Crippen LogP contribution in [0.5, 0.6) is 0 Å². The van der Waals surface area contributed by atoms with Crippen molar-refractivity contribution in [2.45, 2.75) is 13.0 Å². The molecule has 0 aliphatic rings. The molecule has 112 valence electrons. The monoisotopic (exact) mass is 292 g/mol. The first-order chi connectivity index (χ1) is 10.8. The van der Waals surface area contributed by atoms with Crippen molar-refractivity contribution in [1.82, 2.24) is 0 Å². The predicted octanol–water partition coefficient (Wildman–Crippen LogP) is 4.59. The van der Waals surface area contributed by atoms with Crippen LogP contribution in [0.1, 0.15) is 22.3 Å². The number of benzene rings is 2. The summed E-state index contributed by atoms with van der Waals surface area (Å²) in [6.45, 7) is 4.98. The van der Waals surface area contributed by atoms with Gasteiger partial charge < -0.3 is 4.74 Å². The summed E-state index contributed by atoms with van der Waals surface area (Å²) in [5.41, 5.74) is 2.42. The fourth-order valence-corrected chi connectivity index (χ4v) is 2.00. The van der Waals surface area contributed by atoms with Crippen LogP contribution in [0.3, 0.4) is 0 Å². The van der Waals surface area contributed by atoms with Crippen molar-refractivity contribution in [2.24, 2.45) is 0 Å². The number of allylic oxidation sites excluding steroid dienone is 2. The molecule has 0 bridgehead atoms. The molecule has 0 N–H and O–H groups in total. The van der Waals surface area contributed by atoms with Crippen molar-refractivity contribution in [3.63, 3.8) is 0 Å². The van der Waals surface area contributed by atoms with Crippen molar-refractivity contribution in [1.29, 1.82) is 0 Å². The van der Waals surface area contributed by atoms with Crippen LogP contribution in [0, 0.1) is 0 Å². The second-order valence-corrected chi connectivity index (χ2v) is 4.97. The molecular formula is C20H20O2. The Morgan fingerprint density at radius 1 is 0.955 bits per heavy atom. The zero-order chi connectivity index (χ0) is 15.6. The lowest BCUT2D eigenvalue weighted by Gasteiger charge is -2.02. The summed E-state index contributed by atoms with van der Waals surface area (Å²) in [6.07, 6.45) is 4.39. The number of ether oxygens (including phenoxy) is 1. The van der Waals surface area contributed by atoms with Gasteiger partial charge in [-0.1, -0.05) is 79.4 Å². The predicted molar refractivity (Wildman–Crippen MR) is 89.8 cm³/mol. The van der Waals surface area contributed by atoms with Gasteiger partial charge in [0.25, 0.3) is 0 Å². The number of hydrogen-bond acceptors (Lipinski definition) is 2. The molecule has 0 aliphatic heterocycles. The Hall–Kier alpha value is -2.45.